The summed E-state index contributed by atoms with van der Waals surface area (Å²) in [7, 11) is 3.42. The SMILES string of the molecule is CCCCCN(C)C(=O)OC/C(=C(/N)c1ccc(OC2CCCCC2)cc1)N(C)N. The van der Waals surface area contributed by atoms with Gasteiger partial charge in [0, 0.05) is 20.6 Å². The Morgan fingerprint density at radius 2 is 1.77 bits per heavy atom. The number of hydrazine groups is 1. The van der Waals surface area contributed by atoms with Crippen LogP contribution in [0.15, 0.2) is 30.0 Å². The Labute approximate surface area is 180 Å². The van der Waals surface area contributed by atoms with Crippen molar-refractivity contribution >= 4 is 11.8 Å². The van der Waals surface area contributed by atoms with Crippen LogP contribution in [0, 0.1) is 0 Å². The largest absolute Gasteiger partial charge is 0.490 e. The van der Waals surface area contributed by atoms with Gasteiger partial charge in [0.1, 0.15) is 12.4 Å². The zero-order valence-corrected chi connectivity index (χ0v) is 18.7. The van der Waals surface area contributed by atoms with E-state index in [1.54, 1.807) is 19.0 Å². The van der Waals surface area contributed by atoms with Crippen molar-refractivity contribution in [1.82, 2.24) is 9.91 Å². The van der Waals surface area contributed by atoms with Crippen molar-refractivity contribution in [3.8, 4) is 5.75 Å². The normalized spacial score (nSPS) is 15.3. The number of amides is 1. The molecule has 7 nitrogen and oxygen atoms in total. The molecule has 7 heteroatoms. The zero-order valence-electron chi connectivity index (χ0n) is 18.7. The maximum Gasteiger partial charge on any atom is 0.409 e. The highest BCUT2D eigenvalue weighted by Crippen LogP contribution is 2.25. The first-order valence-corrected chi connectivity index (χ1v) is 11.0. The number of rotatable bonds is 10. The quantitative estimate of drug-likeness (QED) is 0.338. The summed E-state index contributed by atoms with van der Waals surface area (Å²) in [6.45, 7) is 2.81. The lowest BCUT2D eigenvalue weighted by Crippen LogP contribution is -2.34. The van der Waals surface area contributed by atoms with Crippen LogP contribution in [0.5, 0.6) is 5.75 Å². The minimum Gasteiger partial charge on any atom is -0.490 e. The van der Waals surface area contributed by atoms with Gasteiger partial charge in [0.2, 0.25) is 0 Å². The van der Waals surface area contributed by atoms with Gasteiger partial charge in [-0.2, -0.15) is 0 Å². The average molecular weight is 419 g/mol. The molecular formula is C23H38N4O3. The van der Waals surface area contributed by atoms with E-state index in [0.717, 1.165) is 43.4 Å². The highest BCUT2D eigenvalue weighted by molar-refractivity contribution is 5.69. The first-order chi connectivity index (χ1) is 14.4. The third kappa shape index (κ3) is 7.44. The topological polar surface area (TPSA) is 94.0 Å². The maximum absolute atomic E-state index is 12.2. The monoisotopic (exact) mass is 418 g/mol. The number of unbranched alkanes of at least 4 members (excludes halogenated alkanes) is 2. The van der Waals surface area contributed by atoms with Crippen molar-refractivity contribution in [3.05, 3.63) is 35.5 Å². The summed E-state index contributed by atoms with van der Waals surface area (Å²) in [6, 6.07) is 7.68. The van der Waals surface area contributed by atoms with Gasteiger partial charge in [-0.05, 0) is 61.9 Å². The predicted octanol–water partition coefficient (Wildman–Crippen LogP) is 4.09. The van der Waals surface area contributed by atoms with E-state index in [0.29, 0.717) is 24.0 Å². The Morgan fingerprint density at radius 3 is 2.37 bits per heavy atom. The van der Waals surface area contributed by atoms with Crippen molar-refractivity contribution in [2.75, 3.05) is 27.2 Å². The zero-order chi connectivity index (χ0) is 21.9. The van der Waals surface area contributed by atoms with E-state index in [2.05, 4.69) is 6.92 Å². The van der Waals surface area contributed by atoms with Gasteiger partial charge in [-0.3, -0.25) is 0 Å². The number of hydrogen-bond acceptors (Lipinski definition) is 6. The number of nitrogens with two attached hydrogens (primary N) is 2. The third-order valence-electron chi connectivity index (χ3n) is 5.50. The van der Waals surface area contributed by atoms with Crippen molar-refractivity contribution in [2.45, 2.75) is 64.4 Å². The van der Waals surface area contributed by atoms with Gasteiger partial charge in [-0.1, -0.05) is 26.2 Å². The van der Waals surface area contributed by atoms with Crippen LogP contribution in [0.25, 0.3) is 5.70 Å². The molecular weight excluding hydrogens is 380 g/mol. The lowest BCUT2D eigenvalue weighted by Gasteiger charge is -2.23. The average Bonchev–Trinajstić information content (AvgIpc) is 2.74. The van der Waals surface area contributed by atoms with Crippen LogP contribution in [0.2, 0.25) is 0 Å². The highest BCUT2D eigenvalue weighted by Gasteiger charge is 2.17. The molecule has 4 N–H and O–H groups in total. The van der Waals surface area contributed by atoms with E-state index in [4.69, 9.17) is 21.1 Å². The van der Waals surface area contributed by atoms with Gasteiger partial charge in [0.15, 0.2) is 0 Å². The van der Waals surface area contributed by atoms with Crippen molar-refractivity contribution in [1.29, 1.82) is 0 Å². The fourth-order valence-corrected chi connectivity index (χ4v) is 3.56. The molecule has 168 valence electrons. The summed E-state index contributed by atoms with van der Waals surface area (Å²) >= 11 is 0. The van der Waals surface area contributed by atoms with Crippen LogP contribution in [0.1, 0.15) is 63.9 Å². The number of ether oxygens (including phenoxy) is 2. The van der Waals surface area contributed by atoms with Crippen LogP contribution in [0.4, 0.5) is 4.79 Å². The number of likely N-dealkylation sites (N-methyl/N-ethyl adjacent to an activating group) is 1. The molecule has 1 aromatic carbocycles. The second-order valence-corrected chi connectivity index (χ2v) is 8.06. The Bertz CT molecular complexity index is 682. The van der Waals surface area contributed by atoms with Gasteiger partial charge in [0.05, 0.1) is 17.5 Å². The van der Waals surface area contributed by atoms with Gasteiger partial charge in [-0.25, -0.2) is 10.6 Å². The molecule has 0 heterocycles. The van der Waals surface area contributed by atoms with Gasteiger partial charge >= 0.3 is 6.09 Å². The summed E-state index contributed by atoms with van der Waals surface area (Å²) in [5.41, 5.74) is 8.18. The fraction of sp³-hybridized carbons (Fsp3) is 0.609. The minimum atomic E-state index is -0.380. The van der Waals surface area contributed by atoms with Crippen molar-refractivity contribution < 1.29 is 14.3 Å². The van der Waals surface area contributed by atoms with E-state index in [1.807, 2.05) is 24.3 Å². The smallest absolute Gasteiger partial charge is 0.409 e. The summed E-state index contributed by atoms with van der Waals surface area (Å²) in [6.07, 6.45) is 9.07. The molecule has 2 rings (SSSR count). The Morgan fingerprint density at radius 1 is 1.10 bits per heavy atom. The number of benzene rings is 1. The molecule has 1 aliphatic carbocycles. The lowest BCUT2D eigenvalue weighted by atomic mass is 9.98. The molecule has 1 aliphatic rings. The second kappa shape index (κ2) is 12.3. The summed E-state index contributed by atoms with van der Waals surface area (Å²) in [5.74, 6) is 6.80. The molecule has 0 bridgehead atoms. The first-order valence-electron chi connectivity index (χ1n) is 11.0. The molecule has 0 atom stereocenters. The first kappa shape index (κ1) is 23.9. The molecule has 30 heavy (non-hydrogen) atoms. The van der Waals surface area contributed by atoms with Gasteiger partial charge < -0.3 is 25.1 Å². The predicted molar refractivity (Wildman–Crippen MR) is 121 cm³/mol. The second-order valence-electron chi connectivity index (χ2n) is 8.06. The maximum atomic E-state index is 12.2. The van der Waals surface area contributed by atoms with Crippen molar-refractivity contribution in [2.24, 2.45) is 11.6 Å². The Kier molecular flexibility index (Phi) is 9.80. The molecule has 1 saturated carbocycles. The number of nitrogens with zero attached hydrogens (tertiary/aromatic N) is 2. The fourth-order valence-electron chi connectivity index (χ4n) is 3.56. The van der Waals surface area contributed by atoms with E-state index in [1.165, 1.54) is 24.3 Å². The van der Waals surface area contributed by atoms with E-state index < -0.39 is 0 Å². The summed E-state index contributed by atoms with van der Waals surface area (Å²) in [4.78, 5) is 13.8. The van der Waals surface area contributed by atoms with E-state index >= 15 is 0 Å². The van der Waals surface area contributed by atoms with Crippen molar-refractivity contribution in [3.63, 3.8) is 0 Å². The number of carbonyl (C=O) groups excluding carboxylic acids is 1. The van der Waals surface area contributed by atoms with Crippen LogP contribution in [-0.4, -0.2) is 49.4 Å². The third-order valence-corrected chi connectivity index (χ3v) is 5.50. The van der Waals surface area contributed by atoms with Crippen LogP contribution in [0.3, 0.4) is 0 Å². The van der Waals surface area contributed by atoms with Gasteiger partial charge in [-0.15, -0.1) is 0 Å². The molecule has 0 unspecified atom stereocenters. The van der Waals surface area contributed by atoms with Crippen LogP contribution >= 0.6 is 0 Å². The number of hydrogen-bond donors (Lipinski definition) is 2. The highest BCUT2D eigenvalue weighted by atomic mass is 16.6. The summed E-state index contributed by atoms with van der Waals surface area (Å²) < 4.78 is 11.5. The molecule has 0 spiro atoms. The van der Waals surface area contributed by atoms with E-state index in [-0.39, 0.29) is 12.7 Å². The Balaban J connectivity index is 1.98. The summed E-state index contributed by atoms with van der Waals surface area (Å²) in [5, 5.41) is 1.39. The van der Waals surface area contributed by atoms with Gasteiger partial charge in [0.25, 0.3) is 0 Å². The lowest BCUT2D eigenvalue weighted by molar-refractivity contribution is 0.112. The van der Waals surface area contributed by atoms with E-state index in [9.17, 15) is 4.79 Å². The molecule has 0 radical (unpaired) electrons. The Hall–Kier alpha value is -2.41. The van der Waals surface area contributed by atoms with Crippen LogP contribution in [-0.2, 0) is 4.74 Å². The molecule has 0 aromatic heterocycles. The molecule has 1 aromatic rings. The standard InChI is InChI=1S/C23H38N4O3/c1-4-5-9-16-26(2)23(28)29-17-21(27(3)25)22(24)18-12-14-20(15-13-18)30-19-10-7-6-8-11-19/h12-15,19H,4-11,16-17,24-25H2,1-3H3/b22-21-. The van der Waals surface area contributed by atoms with Crippen LogP contribution < -0.4 is 16.3 Å². The molecule has 1 amide bonds. The minimum absolute atomic E-state index is 0.0100. The molecule has 0 saturated heterocycles. The molecule has 0 aliphatic heterocycles. The molecule has 1 fully saturated rings. The number of carbonyl (C=O) groups is 1.